The quantitative estimate of drug-likeness (QED) is 0.634. The van der Waals surface area contributed by atoms with Crippen molar-refractivity contribution in [1.82, 2.24) is 9.55 Å². The molecule has 0 atom stereocenters. The summed E-state index contributed by atoms with van der Waals surface area (Å²) in [6, 6.07) is 15.6. The number of rotatable bonds is 2. The van der Waals surface area contributed by atoms with E-state index < -0.39 is 0 Å². The largest absolute Gasteiger partial charge is 0.295 e. The first kappa shape index (κ1) is 11.6. The zero-order valence-electron chi connectivity index (χ0n) is 9.48. The van der Waals surface area contributed by atoms with Crippen LogP contribution in [0.2, 0.25) is 5.02 Å². The first-order valence-corrected chi connectivity index (χ1v) is 6.49. The first-order chi connectivity index (χ1) is 8.79. The molecule has 90 valence electrons. The monoisotopic (exact) mass is 276 g/mol. The molecule has 0 saturated heterocycles. The summed E-state index contributed by atoms with van der Waals surface area (Å²) in [6.45, 7) is 0. The van der Waals surface area contributed by atoms with E-state index in [2.05, 4.69) is 9.55 Å². The third kappa shape index (κ3) is 1.88. The summed E-state index contributed by atoms with van der Waals surface area (Å²) < 4.78 is 2.05. The van der Waals surface area contributed by atoms with Crippen molar-refractivity contribution in [2.75, 3.05) is 0 Å². The fourth-order valence-electron chi connectivity index (χ4n) is 2.04. The van der Waals surface area contributed by atoms with Gasteiger partial charge in [-0.1, -0.05) is 23.7 Å². The predicted molar refractivity (Wildman–Crippen MR) is 75.6 cm³/mol. The van der Waals surface area contributed by atoms with E-state index in [-0.39, 0.29) is 0 Å². The fourth-order valence-corrected chi connectivity index (χ4v) is 2.35. The van der Waals surface area contributed by atoms with Crippen LogP contribution in [0.1, 0.15) is 5.82 Å². The minimum Gasteiger partial charge on any atom is -0.295 e. The molecule has 1 heterocycles. The highest BCUT2D eigenvalue weighted by molar-refractivity contribution is 6.30. The minimum atomic E-state index is 0.372. The molecule has 2 nitrogen and oxygen atoms in total. The van der Waals surface area contributed by atoms with Crippen molar-refractivity contribution in [1.29, 1.82) is 0 Å². The molecule has 0 bridgehead atoms. The number of benzene rings is 2. The Balaban J connectivity index is 2.29. The molecule has 3 rings (SSSR count). The van der Waals surface area contributed by atoms with Crippen LogP contribution in [0.3, 0.4) is 0 Å². The number of para-hydroxylation sites is 2. The maximum Gasteiger partial charge on any atom is 0.129 e. The van der Waals surface area contributed by atoms with E-state index in [0.29, 0.717) is 5.88 Å². The highest BCUT2D eigenvalue weighted by atomic mass is 35.5. The summed E-state index contributed by atoms with van der Waals surface area (Å²) in [5.74, 6) is 1.21. The van der Waals surface area contributed by atoms with E-state index in [9.17, 15) is 0 Å². The highest BCUT2D eigenvalue weighted by Crippen LogP contribution is 2.23. The normalized spacial score (nSPS) is 11.0. The lowest BCUT2D eigenvalue weighted by molar-refractivity contribution is 0.982. The van der Waals surface area contributed by atoms with E-state index >= 15 is 0 Å². The number of hydrogen-bond acceptors (Lipinski definition) is 1. The van der Waals surface area contributed by atoms with Crippen molar-refractivity contribution in [3.63, 3.8) is 0 Å². The van der Waals surface area contributed by atoms with Gasteiger partial charge in [0.1, 0.15) is 5.82 Å². The average Bonchev–Trinajstić information content (AvgIpc) is 2.78. The molecule has 0 N–H and O–H groups in total. The van der Waals surface area contributed by atoms with Crippen molar-refractivity contribution in [3.8, 4) is 5.69 Å². The average molecular weight is 277 g/mol. The van der Waals surface area contributed by atoms with Gasteiger partial charge in [0.15, 0.2) is 0 Å². The standard InChI is InChI=1S/C14H10Cl2N2/c15-9-14-17-12-3-1-2-4-13(12)18(14)11-7-5-10(16)6-8-11/h1-8H,9H2. The molecule has 0 amide bonds. The van der Waals surface area contributed by atoms with Gasteiger partial charge in [-0.15, -0.1) is 11.6 Å². The second kappa shape index (κ2) is 4.63. The zero-order valence-corrected chi connectivity index (χ0v) is 11.0. The van der Waals surface area contributed by atoms with E-state index in [1.54, 1.807) is 0 Å². The Morgan fingerprint density at radius 2 is 1.72 bits per heavy atom. The lowest BCUT2D eigenvalue weighted by atomic mass is 10.3. The second-order valence-corrected chi connectivity index (χ2v) is 4.67. The van der Waals surface area contributed by atoms with Gasteiger partial charge in [0, 0.05) is 10.7 Å². The number of halogens is 2. The molecule has 3 aromatic rings. The molecule has 0 unspecified atom stereocenters. The summed E-state index contributed by atoms with van der Waals surface area (Å²) in [7, 11) is 0. The summed E-state index contributed by atoms with van der Waals surface area (Å²) >= 11 is 11.9. The van der Waals surface area contributed by atoms with E-state index in [1.165, 1.54) is 0 Å². The Bertz CT molecular complexity index is 687. The van der Waals surface area contributed by atoms with E-state index in [1.807, 2.05) is 48.5 Å². The lowest BCUT2D eigenvalue weighted by Crippen LogP contribution is -1.98. The SMILES string of the molecule is ClCc1nc2ccccc2n1-c1ccc(Cl)cc1. The van der Waals surface area contributed by atoms with Crippen LogP contribution in [0.25, 0.3) is 16.7 Å². The Labute approximate surface area is 115 Å². The molecule has 0 aliphatic rings. The van der Waals surface area contributed by atoms with Gasteiger partial charge in [-0.05, 0) is 36.4 Å². The van der Waals surface area contributed by atoms with Gasteiger partial charge in [-0.25, -0.2) is 4.98 Å². The van der Waals surface area contributed by atoms with Crippen molar-refractivity contribution in [2.24, 2.45) is 0 Å². The number of alkyl halides is 1. The summed E-state index contributed by atoms with van der Waals surface area (Å²) in [6.07, 6.45) is 0. The van der Waals surface area contributed by atoms with Crippen LogP contribution in [0.15, 0.2) is 48.5 Å². The topological polar surface area (TPSA) is 17.8 Å². The third-order valence-corrected chi connectivity index (χ3v) is 3.33. The van der Waals surface area contributed by atoms with Gasteiger partial charge in [-0.3, -0.25) is 4.57 Å². The second-order valence-electron chi connectivity index (χ2n) is 3.96. The number of fused-ring (bicyclic) bond motifs is 1. The Hall–Kier alpha value is -1.51. The highest BCUT2D eigenvalue weighted by Gasteiger charge is 2.10. The Morgan fingerprint density at radius 1 is 1.00 bits per heavy atom. The smallest absolute Gasteiger partial charge is 0.129 e. The molecule has 0 radical (unpaired) electrons. The van der Waals surface area contributed by atoms with Crippen LogP contribution in [0, 0.1) is 0 Å². The van der Waals surface area contributed by atoms with Crippen molar-refractivity contribution in [2.45, 2.75) is 5.88 Å². The first-order valence-electron chi connectivity index (χ1n) is 5.58. The summed E-state index contributed by atoms with van der Waals surface area (Å²) in [5.41, 5.74) is 3.02. The minimum absolute atomic E-state index is 0.372. The Morgan fingerprint density at radius 3 is 2.44 bits per heavy atom. The van der Waals surface area contributed by atoms with E-state index in [4.69, 9.17) is 23.2 Å². The molecule has 0 saturated carbocycles. The molecule has 0 fully saturated rings. The number of hydrogen-bond donors (Lipinski definition) is 0. The number of aromatic nitrogens is 2. The van der Waals surface area contributed by atoms with Gasteiger partial charge in [0.2, 0.25) is 0 Å². The molecule has 1 aromatic heterocycles. The van der Waals surface area contributed by atoms with Crippen molar-refractivity contribution < 1.29 is 0 Å². The van der Waals surface area contributed by atoms with Gasteiger partial charge in [0.05, 0.1) is 16.9 Å². The van der Waals surface area contributed by atoms with Crippen LogP contribution < -0.4 is 0 Å². The summed E-state index contributed by atoms with van der Waals surface area (Å²) in [4.78, 5) is 4.53. The molecule has 0 aliphatic carbocycles. The number of imidazole rings is 1. The van der Waals surface area contributed by atoms with Crippen molar-refractivity contribution >= 4 is 34.2 Å². The maximum absolute atomic E-state index is 5.98. The third-order valence-electron chi connectivity index (χ3n) is 2.83. The van der Waals surface area contributed by atoms with Gasteiger partial charge in [0.25, 0.3) is 0 Å². The maximum atomic E-state index is 5.98. The van der Waals surface area contributed by atoms with Crippen LogP contribution >= 0.6 is 23.2 Å². The summed E-state index contributed by atoms with van der Waals surface area (Å²) in [5, 5.41) is 0.718. The molecule has 0 aliphatic heterocycles. The molecule has 18 heavy (non-hydrogen) atoms. The molecular weight excluding hydrogens is 267 g/mol. The van der Waals surface area contributed by atoms with Gasteiger partial charge >= 0.3 is 0 Å². The molecule has 2 aromatic carbocycles. The lowest BCUT2D eigenvalue weighted by Gasteiger charge is -2.07. The van der Waals surface area contributed by atoms with Crippen molar-refractivity contribution in [3.05, 3.63) is 59.4 Å². The van der Waals surface area contributed by atoms with Crippen LogP contribution in [0.4, 0.5) is 0 Å². The molecular formula is C14H10Cl2N2. The predicted octanol–water partition coefficient (Wildman–Crippen LogP) is 4.42. The number of nitrogens with zero attached hydrogens (tertiary/aromatic N) is 2. The molecule has 4 heteroatoms. The van der Waals surface area contributed by atoms with Crippen LogP contribution in [-0.4, -0.2) is 9.55 Å². The van der Waals surface area contributed by atoms with E-state index in [0.717, 1.165) is 27.6 Å². The fraction of sp³-hybridized carbons (Fsp3) is 0.0714. The van der Waals surface area contributed by atoms with Crippen LogP contribution in [0.5, 0.6) is 0 Å². The van der Waals surface area contributed by atoms with Gasteiger partial charge < -0.3 is 0 Å². The zero-order chi connectivity index (χ0) is 12.5. The van der Waals surface area contributed by atoms with Gasteiger partial charge in [-0.2, -0.15) is 0 Å². The van der Waals surface area contributed by atoms with Crippen LogP contribution in [-0.2, 0) is 5.88 Å². The molecule has 0 spiro atoms. The Kier molecular flexibility index (Phi) is 2.98.